The molecule has 0 bridgehead atoms. The van der Waals surface area contributed by atoms with Crippen molar-refractivity contribution in [2.45, 2.75) is 38.6 Å². The Labute approximate surface area is 161 Å². The summed E-state index contributed by atoms with van der Waals surface area (Å²) in [6, 6.07) is 9.14. The molecule has 1 atom stereocenters. The Kier molecular flexibility index (Phi) is 6.12. The van der Waals surface area contributed by atoms with E-state index in [1.807, 2.05) is 32.9 Å². The fourth-order valence-corrected chi connectivity index (χ4v) is 2.65. The van der Waals surface area contributed by atoms with Gasteiger partial charge in [0.05, 0.1) is 4.92 Å². The molecule has 3 N–H and O–H groups in total. The SMILES string of the molecule is CC(C)(C)c1ccc(C(=O)N[C@H](Cc2ccc(F)c([N+](=O)[O-])c2)C(N)=O)cc1. The molecule has 0 unspecified atom stereocenters. The first kappa shape index (κ1) is 21.0. The topological polar surface area (TPSA) is 115 Å². The van der Waals surface area contributed by atoms with E-state index in [0.717, 1.165) is 17.7 Å². The van der Waals surface area contributed by atoms with Crippen molar-refractivity contribution in [2.75, 3.05) is 0 Å². The van der Waals surface area contributed by atoms with Gasteiger partial charge < -0.3 is 11.1 Å². The zero-order valence-electron chi connectivity index (χ0n) is 15.9. The zero-order chi connectivity index (χ0) is 21.1. The first-order chi connectivity index (χ1) is 13.0. The molecule has 7 nitrogen and oxygen atoms in total. The number of rotatable bonds is 6. The number of hydrogen-bond acceptors (Lipinski definition) is 4. The van der Waals surface area contributed by atoms with Gasteiger partial charge in [-0.1, -0.05) is 39.0 Å². The smallest absolute Gasteiger partial charge is 0.305 e. The molecule has 2 rings (SSSR count). The van der Waals surface area contributed by atoms with Crippen molar-refractivity contribution in [1.82, 2.24) is 5.32 Å². The highest BCUT2D eigenvalue weighted by molar-refractivity contribution is 5.97. The van der Waals surface area contributed by atoms with Crippen molar-refractivity contribution >= 4 is 17.5 Å². The van der Waals surface area contributed by atoms with E-state index in [1.165, 1.54) is 6.07 Å². The van der Waals surface area contributed by atoms with E-state index in [4.69, 9.17) is 5.73 Å². The second-order valence-corrected chi connectivity index (χ2v) is 7.50. The van der Waals surface area contributed by atoms with Crippen molar-refractivity contribution in [3.8, 4) is 0 Å². The number of halogens is 1. The van der Waals surface area contributed by atoms with Gasteiger partial charge in [-0.3, -0.25) is 19.7 Å². The van der Waals surface area contributed by atoms with Gasteiger partial charge in [-0.25, -0.2) is 0 Å². The number of primary amides is 1. The molecule has 0 radical (unpaired) electrons. The molecule has 28 heavy (non-hydrogen) atoms. The predicted molar refractivity (Wildman–Crippen MR) is 102 cm³/mol. The number of nitrogens with zero attached hydrogens (tertiary/aromatic N) is 1. The Morgan fingerprint density at radius 2 is 1.79 bits per heavy atom. The third-order valence-electron chi connectivity index (χ3n) is 4.31. The lowest BCUT2D eigenvalue weighted by Crippen LogP contribution is -2.45. The molecule has 0 saturated carbocycles. The van der Waals surface area contributed by atoms with E-state index < -0.39 is 34.3 Å². The van der Waals surface area contributed by atoms with Gasteiger partial charge in [0.2, 0.25) is 11.7 Å². The highest BCUT2D eigenvalue weighted by Gasteiger charge is 2.22. The monoisotopic (exact) mass is 387 g/mol. The van der Waals surface area contributed by atoms with Crippen LogP contribution in [0.5, 0.6) is 0 Å². The van der Waals surface area contributed by atoms with E-state index in [-0.39, 0.29) is 11.8 Å². The maximum atomic E-state index is 13.5. The minimum absolute atomic E-state index is 0.0674. The first-order valence-corrected chi connectivity index (χ1v) is 8.62. The van der Waals surface area contributed by atoms with Crippen LogP contribution in [-0.4, -0.2) is 22.8 Å². The number of nitrogens with one attached hydrogen (secondary N) is 1. The predicted octanol–water partition coefficient (Wildman–Crippen LogP) is 2.86. The summed E-state index contributed by atoms with van der Waals surface area (Å²) in [5, 5.41) is 13.4. The van der Waals surface area contributed by atoms with Gasteiger partial charge in [0.25, 0.3) is 5.91 Å². The lowest BCUT2D eigenvalue weighted by Gasteiger charge is -2.19. The average Bonchev–Trinajstić information content (AvgIpc) is 2.61. The number of hydrogen-bond donors (Lipinski definition) is 2. The number of carbonyl (C=O) groups is 2. The Hall–Kier alpha value is -3.29. The molecule has 8 heteroatoms. The number of amides is 2. The first-order valence-electron chi connectivity index (χ1n) is 8.62. The van der Waals surface area contributed by atoms with Crippen molar-refractivity contribution < 1.29 is 18.9 Å². The van der Waals surface area contributed by atoms with E-state index >= 15 is 0 Å². The van der Waals surface area contributed by atoms with Crippen molar-refractivity contribution in [1.29, 1.82) is 0 Å². The summed E-state index contributed by atoms with van der Waals surface area (Å²) in [5.41, 5.74) is 6.29. The Balaban J connectivity index is 2.17. The molecule has 0 aliphatic carbocycles. The maximum Gasteiger partial charge on any atom is 0.305 e. The van der Waals surface area contributed by atoms with Crippen LogP contribution in [0.1, 0.15) is 42.3 Å². The number of nitro benzene ring substituents is 1. The second kappa shape index (κ2) is 8.16. The minimum Gasteiger partial charge on any atom is -0.368 e. The molecule has 2 aromatic carbocycles. The third-order valence-corrected chi connectivity index (χ3v) is 4.31. The zero-order valence-corrected chi connectivity index (χ0v) is 15.9. The summed E-state index contributed by atoms with van der Waals surface area (Å²) in [7, 11) is 0. The molecule has 0 spiro atoms. The van der Waals surface area contributed by atoms with Crippen LogP contribution in [0, 0.1) is 15.9 Å². The van der Waals surface area contributed by atoms with Crippen molar-refractivity contribution in [3.05, 3.63) is 75.1 Å². The lowest BCUT2D eigenvalue weighted by molar-refractivity contribution is -0.387. The molecule has 0 fully saturated rings. The molecule has 2 amide bonds. The summed E-state index contributed by atoms with van der Waals surface area (Å²) in [5.74, 6) is -2.28. The standard InChI is InChI=1S/C20H22FN3O4/c1-20(2,3)14-7-5-13(6-8-14)19(26)23-16(18(22)25)10-12-4-9-15(21)17(11-12)24(27)28/h4-9,11,16H,10H2,1-3H3,(H2,22,25)(H,23,26)/t16-/m1/s1. The van der Waals surface area contributed by atoms with Gasteiger partial charge in [0.15, 0.2) is 0 Å². The molecule has 0 aliphatic heterocycles. The van der Waals surface area contributed by atoms with Crippen LogP contribution < -0.4 is 11.1 Å². The van der Waals surface area contributed by atoms with Gasteiger partial charge in [0.1, 0.15) is 6.04 Å². The summed E-state index contributed by atoms with van der Waals surface area (Å²) >= 11 is 0. The molecular weight excluding hydrogens is 365 g/mol. The van der Waals surface area contributed by atoms with Gasteiger partial charge >= 0.3 is 5.69 Å². The fourth-order valence-electron chi connectivity index (χ4n) is 2.65. The molecule has 0 aromatic heterocycles. The maximum absolute atomic E-state index is 13.5. The number of nitrogens with two attached hydrogens (primary N) is 1. The van der Waals surface area contributed by atoms with Crippen LogP contribution >= 0.6 is 0 Å². The number of nitro groups is 1. The van der Waals surface area contributed by atoms with Crippen LogP contribution in [0.15, 0.2) is 42.5 Å². The number of benzene rings is 2. The Morgan fingerprint density at radius 3 is 2.29 bits per heavy atom. The Bertz CT molecular complexity index is 905. The van der Waals surface area contributed by atoms with Crippen LogP contribution in [0.3, 0.4) is 0 Å². The van der Waals surface area contributed by atoms with Crippen LogP contribution in [-0.2, 0) is 16.6 Å². The average molecular weight is 387 g/mol. The van der Waals surface area contributed by atoms with Crippen molar-refractivity contribution in [2.24, 2.45) is 5.73 Å². The van der Waals surface area contributed by atoms with Gasteiger partial charge in [0, 0.05) is 18.1 Å². The lowest BCUT2D eigenvalue weighted by atomic mass is 9.86. The quantitative estimate of drug-likeness (QED) is 0.586. The molecule has 0 aliphatic rings. The molecule has 148 valence electrons. The molecule has 2 aromatic rings. The van der Waals surface area contributed by atoms with Crippen LogP contribution in [0.2, 0.25) is 0 Å². The van der Waals surface area contributed by atoms with Gasteiger partial charge in [-0.2, -0.15) is 4.39 Å². The van der Waals surface area contributed by atoms with Crippen molar-refractivity contribution in [3.63, 3.8) is 0 Å². The van der Waals surface area contributed by atoms with Crippen LogP contribution in [0.25, 0.3) is 0 Å². The highest BCUT2D eigenvalue weighted by Crippen LogP contribution is 2.22. The largest absolute Gasteiger partial charge is 0.368 e. The highest BCUT2D eigenvalue weighted by atomic mass is 19.1. The summed E-state index contributed by atoms with van der Waals surface area (Å²) in [6.45, 7) is 6.15. The van der Waals surface area contributed by atoms with Gasteiger partial charge in [-0.15, -0.1) is 0 Å². The number of carbonyl (C=O) groups excluding carboxylic acids is 2. The molecular formula is C20H22FN3O4. The van der Waals surface area contributed by atoms with E-state index in [9.17, 15) is 24.1 Å². The second-order valence-electron chi connectivity index (χ2n) is 7.50. The van der Waals surface area contributed by atoms with E-state index in [0.29, 0.717) is 11.1 Å². The summed E-state index contributed by atoms with van der Waals surface area (Å²) in [6.07, 6.45) is -0.0950. The minimum atomic E-state index is -1.10. The van der Waals surface area contributed by atoms with Crippen LogP contribution in [0.4, 0.5) is 10.1 Å². The summed E-state index contributed by atoms with van der Waals surface area (Å²) < 4.78 is 13.5. The summed E-state index contributed by atoms with van der Waals surface area (Å²) in [4.78, 5) is 34.2. The fraction of sp³-hybridized carbons (Fsp3) is 0.300. The third kappa shape index (κ3) is 5.12. The Morgan fingerprint density at radius 1 is 1.18 bits per heavy atom. The van der Waals surface area contributed by atoms with E-state index in [2.05, 4.69) is 5.32 Å². The normalized spacial score (nSPS) is 12.3. The molecule has 0 heterocycles. The molecule has 0 saturated heterocycles. The van der Waals surface area contributed by atoms with Gasteiger partial charge in [-0.05, 0) is 34.7 Å². The van der Waals surface area contributed by atoms with E-state index in [1.54, 1.807) is 12.1 Å².